The molecule has 0 aromatic heterocycles. The number of ether oxygens (including phenoxy) is 1. The van der Waals surface area contributed by atoms with Crippen LogP contribution in [-0.2, 0) is 9.53 Å². The van der Waals surface area contributed by atoms with E-state index < -0.39 is 11.6 Å². The zero-order valence-corrected chi connectivity index (χ0v) is 14.9. The Morgan fingerprint density at radius 1 is 1.44 bits per heavy atom. The van der Waals surface area contributed by atoms with Crippen LogP contribution >= 0.6 is 0 Å². The highest BCUT2D eigenvalue weighted by molar-refractivity contribution is 5.83. The number of aliphatic hydroxyl groups is 2. The van der Waals surface area contributed by atoms with Gasteiger partial charge < -0.3 is 14.9 Å². The van der Waals surface area contributed by atoms with Crippen LogP contribution in [0.2, 0.25) is 0 Å². The monoisotopic (exact) mass is 344 g/mol. The van der Waals surface area contributed by atoms with E-state index in [1.165, 1.54) is 0 Å². The first-order chi connectivity index (χ1) is 12.0. The van der Waals surface area contributed by atoms with E-state index >= 15 is 0 Å². The average molecular weight is 344 g/mol. The molecular formula is C21H28O4. The Labute approximate surface area is 149 Å². The molecule has 0 amide bonds. The van der Waals surface area contributed by atoms with Crippen LogP contribution in [-0.4, -0.2) is 21.8 Å². The lowest BCUT2D eigenvalue weighted by atomic mass is 9.77. The minimum Gasteiger partial charge on any atom is -0.512 e. The largest absolute Gasteiger partial charge is 0.512 e. The molecule has 1 atom stereocenters. The summed E-state index contributed by atoms with van der Waals surface area (Å²) in [4.78, 5) is 11.9. The van der Waals surface area contributed by atoms with Gasteiger partial charge >= 0.3 is 5.97 Å². The standard InChI is InChI=1S/C21H28O4/c1-3-5-8-16(4-2)13-18(22)11-12-21(17-9-6-7-10-17)15-19(23)14-20(24)25-21/h3-5,8,13-14,17,22-23H,1,6-7,9-12,15H2,2H3/b8-5-,16-4+,18-13-. The second-order valence-corrected chi connectivity index (χ2v) is 6.80. The normalized spacial score (nSPS) is 26.0. The van der Waals surface area contributed by atoms with Crippen LogP contribution in [0.1, 0.15) is 51.9 Å². The van der Waals surface area contributed by atoms with Crippen LogP contribution in [0.3, 0.4) is 0 Å². The summed E-state index contributed by atoms with van der Waals surface area (Å²) in [5.41, 5.74) is 0.178. The SMILES string of the molecule is C=C\C=C/C(/C=C(\O)CCC1(C2CCCC2)CC(O)=CC(=O)O1)=C\C. The molecule has 1 heterocycles. The van der Waals surface area contributed by atoms with Crippen molar-refractivity contribution in [2.45, 2.75) is 57.5 Å². The van der Waals surface area contributed by atoms with Crippen molar-refractivity contribution >= 4 is 5.97 Å². The lowest BCUT2D eigenvalue weighted by molar-refractivity contribution is -0.165. The number of allylic oxidation sites excluding steroid dienone is 7. The molecule has 0 spiro atoms. The molecule has 25 heavy (non-hydrogen) atoms. The van der Waals surface area contributed by atoms with E-state index in [1.807, 2.05) is 25.2 Å². The van der Waals surface area contributed by atoms with E-state index in [4.69, 9.17) is 4.74 Å². The molecule has 1 fully saturated rings. The molecule has 1 aliphatic carbocycles. The van der Waals surface area contributed by atoms with E-state index in [2.05, 4.69) is 6.58 Å². The van der Waals surface area contributed by atoms with Crippen LogP contribution in [0.5, 0.6) is 0 Å². The summed E-state index contributed by atoms with van der Waals surface area (Å²) in [5, 5.41) is 20.3. The zero-order chi connectivity index (χ0) is 18.3. The van der Waals surface area contributed by atoms with E-state index in [0.29, 0.717) is 19.3 Å². The maximum absolute atomic E-state index is 11.9. The maximum Gasteiger partial charge on any atom is 0.334 e. The van der Waals surface area contributed by atoms with Crippen molar-refractivity contribution < 1.29 is 19.7 Å². The Morgan fingerprint density at radius 3 is 2.76 bits per heavy atom. The van der Waals surface area contributed by atoms with Gasteiger partial charge in [0.2, 0.25) is 0 Å². The molecule has 0 radical (unpaired) electrons. The molecule has 1 saturated carbocycles. The van der Waals surface area contributed by atoms with E-state index in [0.717, 1.165) is 37.3 Å². The number of carbonyl (C=O) groups is 1. The summed E-state index contributed by atoms with van der Waals surface area (Å²) >= 11 is 0. The lowest BCUT2D eigenvalue weighted by Gasteiger charge is -2.40. The smallest absolute Gasteiger partial charge is 0.334 e. The Kier molecular flexibility index (Phi) is 6.68. The minimum absolute atomic E-state index is 0.0784. The molecular weight excluding hydrogens is 316 g/mol. The number of cyclic esters (lactones) is 1. The number of aliphatic hydroxyl groups excluding tert-OH is 2. The molecule has 0 saturated heterocycles. The van der Waals surface area contributed by atoms with Crippen LogP contribution in [0.4, 0.5) is 0 Å². The molecule has 1 aliphatic heterocycles. The van der Waals surface area contributed by atoms with Gasteiger partial charge in [0.1, 0.15) is 11.4 Å². The molecule has 2 N–H and O–H groups in total. The first kappa shape index (κ1) is 19.1. The average Bonchev–Trinajstić information content (AvgIpc) is 3.11. The third kappa shape index (κ3) is 5.12. The topological polar surface area (TPSA) is 66.8 Å². The Bertz CT molecular complexity index is 618. The van der Waals surface area contributed by atoms with Crippen molar-refractivity contribution in [2.24, 2.45) is 5.92 Å². The summed E-state index contributed by atoms with van der Waals surface area (Å²) in [6.45, 7) is 5.54. The Balaban J connectivity index is 2.12. The fourth-order valence-corrected chi connectivity index (χ4v) is 3.79. The fourth-order valence-electron chi connectivity index (χ4n) is 3.79. The molecule has 0 aromatic rings. The van der Waals surface area contributed by atoms with Gasteiger partial charge in [-0.2, -0.15) is 0 Å². The van der Waals surface area contributed by atoms with Gasteiger partial charge in [0.05, 0.1) is 11.8 Å². The molecule has 0 aromatic carbocycles. The van der Waals surface area contributed by atoms with Gasteiger partial charge in [-0.25, -0.2) is 4.79 Å². The summed E-state index contributed by atoms with van der Waals surface area (Å²) in [6.07, 6.45) is 15.6. The highest BCUT2D eigenvalue weighted by Gasteiger charge is 2.45. The third-order valence-electron chi connectivity index (χ3n) is 5.06. The van der Waals surface area contributed by atoms with Gasteiger partial charge in [0, 0.05) is 12.8 Å². The molecule has 0 bridgehead atoms. The van der Waals surface area contributed by atoms with Gasteiger partial charge in [-0.1, -0.05) is 43.7 Å². The predicted molar refractivity (Wildman–Crippen MR) is 99.1 cm³/mol. The Hall–Kier alpha value is -2.23. The minimum atomic E-state index is -0.707. The molecule has 1 unspecified atom stereocenters. The molecule has 2 aliphatic rings. The van der Waals surface area contributed by atoms with Crippen LogP contribution in [0.15, 0.2) is 60.1 Å². The summed E-state index contributed by atoms with van der Waals surface area (Å²) < 4.78 is 5.72. The molecule has 136 valence electrons. The van der Waals surface area contributed by atoms with Gasteiger partial charge in [0.15, 0.2) is 0 Å². The predicted octanol–water partition coefficient (Wildman–Crippen LogP) is 5.21. The van der Waals surface area contributed by atoms with Gasteiger partial charge in [-0.15, -0.1) is 0 Å². The van der Waals surface area contributed by atoms with Crippen molar-refractivity contribution in [3.05, 3.63) is 60.1 Å². The lowest BCUT2D eigenvalue weighted by Crippen LogP contribution is -2.44. The maximum atomic E-state index is 11.9. The van der Waals surface area contributed by atoms with Crippen LogP contribution < -0.4 is 0 Å². The van der Waals surface area contributed by atoms with Gasteiger partial charge in [-0.05, 0) is 43.8 Å². The quantitative estimate of drug-likeness (QED) is 0.378. The van der Waals surface area contributed by atoms with Crippen LogP contribution in [0, 0.1) is 5.92 Å². The second kappa shape index (κ2) is 8.75. The van der Waals surface area contributed by atoms with Crippen molar-refractivity contribution in [3.63, 3.8) is 0 Å². The van der Waals surface area contributed by atoms with Crippen molar-refractivity contribution in [2.75, 3.05) is 0 Å². The van der Waals surface area contributed by atoms with Gasteiger partial charge in [0.25, 0.3) is 0 Å². The summed E-state index contributed by atoms with van der Waals surface area (Å²) in [6, 6.07) is 0. The van der Waals surface area contributed by atoms with Crippen LogP contribution in [0.25, 0.3) is 0 Å². The van der Waals surface area contributed by atoms with Gasteiger partial charge in [-0.3, -0.25) is 0 Å². The molecule has 4 heteroatoms. The summed E-state index contributed by atoms with van der Waals surface area (Å²) in [7, 11) is 0. The highest BCUT2D eigenvalue weighted by Crippen LogP contribution is 2.44. The van der Waals surface area contributed by atoms with Crippen molar-refractivity contribution in [3.8, 4) is 0 Å². The Morgan fingerprint density at radius 2 is 2.16 bits per heavy atom. The number of rotatable bonds is 7. The molecule has 2 rings (SSSR count). The third-order valence-corrected chi connectivity index (χ3v) is 5.06. The number of hydrogen-bond acceptors (Lipinski definition) is 4. The zero-order valence-electron chi connectivity index (χ0n) is 14.9. The summed E-state index contributed by atoms with van der Waals surface area (Å²) in [5.74, 6) is 0.0723. The van der Waals surface area contributed by atoms with Crippen molar-refractivity contribution in [1.29, 1.82) is 0 Å². The van der Waals surface area contributed by atoms with Crippen molar-refractivity contribution in [1.82, 2.24) is 0 Å². The highest BCUT2D eigenvalue weighted by atomic mass is 16.6. The number of esters is 1. The van der Waals surface area contributed by atoms with E-state index in [1.54, 1.807) is 12.2 Å². The number of carbonyl (C=O) groups excluding carboxylic acids is 1. The van der Waals surface area contributed by atoms with E-state index in [9.17, 15) is 15.0 Å². The first-order valence-corrected chi connectivity index (χ1v) is 8.96. The second-order valence-electron chi connectivity index (χ2n) is 6.80. The number of hydrogen-bond donors (Lipinski definition) is 2. The van der Waals surface area contributed by atoms with E-state index in [-0.39, 0.29) is 17.4 Å². The molecule has 4 nitrogen and oxygen atoms in total. The first-order valence-electron chi connectivity index (χ1n) is 8.96. The fraction of sp³-hybridized carbons (Fsp3) is 0.476.